The molecule has 0 aliphatic carbocycles. The second kappa shape index (κ2) is 5.40. The molecule has 6 nitrogen and oxygen atoms in total. The molecule has 0 aliphatic rings. The van der Waals surface area contributed by atoms with Crippen molar-refractivity contribution < 1.29 is 9.84 Å². The lowest BCUT2D eigenvalue weighted by Crippen LogP contribution is -2.24. The highest BCUT2D eigenvalue weighted by molar-refractivity contribution is 5.57. The van der Waals surface area contributed by atoms with Gasteiger partial charge in [-0.3, -0.25) is 9.59 Å². The van der Waals surface area contributed by atoms with Crippen LogP contribution >= 0.6 is 0 Å². The summed E-state index contributed by atoms with van der Waals surface area (Å²) in [6, 6.07) is 8.54. The third kappa shape index (κ3) is 2.35. The second-order valence-corrected chi connectivity index (χ2v) is 4.86. The summed E-state index contributed by atoms with van der Waals surface area (Å²) in [5.74, 6) is 0.204. The zero-order chi connectivity index (χ0) is 15.7. The van der Waals surface area contributed by atoms with Gasteiger partial charge in [0.25, 0.3) is 5.56 Å². The van der Waals surface area contributed by atoms with Gasteiger partial charge < -0.3 is 18.8 Å². The Hall–Kier alpha value is -3.02. The SMILES string of the molecule is COc1ccc(Cn2ccn3ccc(=O)c(O)c3c2=O)cc1. The van der Waals surface area contributed by atoms with Crippen molar-refractivity contribution in [1.82, 2.24) is 8.97 Å². The van der Waals surface area contributed by atoms with Crippen molar-refractivity contribution in [2.75, 3.05) is 7.11 Å². The zero-order valence-corrected chi connectivity index (χ0v) is 11.9. The maximum Gasteiger partial charge on any atom is 0.279 e. The molecule has 0 fully saturated rings. The molecule has 0 amide bonds. The maximum atomic E-state index is 12.4. The summed E-state index contributed by atoms with van der Waals surface area (Å²) in [7, 11) is 1.59. The van der Waals surface area contributed by atoms with Crippen molar-refractivity contribution in [2.45, 2.75) is 6.54 Å². The Balaban J connectivity index is 2.07. The fraction of sp³-hybridized carbons (Fsp3) is 0.125. The minimum atomic E-state index is -0.570. The van der Waals surface area contributed by atoms with Crippen LogP contribution in [-0.2, 0) is 6.54 Å². The number of pyridine rings is 1. The highest BCUT2D eigenvalue weighted by Gasteiger charge is 2.10. The summed E-state index contributed by atoms with van der Waals surface area (Å²) < 4.78 is 7.96. The second-order valence-electron chi connectivity index (χ2n) is 4.86. The molecule has 1 aromatic carbocycles. The van der Waals surface area contributed by atoms with Crippen molar-refractivity contribution in [3.05, 3.63) is 75.1 Å². The van der Waals surface area contributed by atoms with Crippen molar-refractivity contribution in [1.29, 1.82) is 0 Å². The van der Waals surface area contributed by atoms with Crippen LogP contribution in [0.15, 0.2) is 58.5 Å². The summed E-state index contributed by atoms with van der Waals surface area (Å²) in [5.41, 5.74) is -0.110. The lowest BCUT2D eigenvalue weighted by atomic mass is 10.2. The molecule has 3 aromatic rings. The van der Waals surface area contributed by atoms with Gasteiger partial charge in [0, 0.05) is 24.7 Å². The molecule has 0 aliphatic heterocycles. The number of benzene rings is 1. The van der Waals surface area contributed by atoms with Gasteiger partial charge in [0.2, 0.25) is 5.43 Å². The van der Waals surface area contributed by atoms with Crippen LogP contribution in [0.3, 0.4) is 0 Å². The molecule has 0 spiro atoms. The first-order valence-electron chi connectivity index (χ1n) is 6.66. The molecule has 112 valence electrons. The van der Waals surface area contributed by atoms with Crippen molar-refractivity contribution in [2.24, 2.45) is 0 Å². The van der Waals surface area contributed by atoms with Crippen molar-refractivity contribution >= 4 is 5.52 Å². The van der Waals surface area contributed by atoms with Gasteiger partial charge >= 0.3 is 0 Å². The van der Waals surface area contributed by atoms with E-state index in [9.17, 15) is 14.7 Å². The van der Waals surface area contributed by atoms with Crippen LogP contribution in [0.5, 0.6) is 11.5 Å². The smallest absolute Gasteiger partial charge is 0.279 e. The van der Waals surface area contributed by atoms with E-state index in [4.69, 9.17) is 4.74 Å². The number of aromatic nitrogens is 2. The predicted molar refractivity (Wildman–Crippen MR) is 81.7 cm³/mol. The molecule has 0 saturated carbocycles. The fourth-order valence-corrected chi connectivity index (χ4v) is 2.28. The van der Waals surface area contributed by atoms with E-state index >= 15 is 0 Å². The quantitative estimate of drug-likeness (QED) is 0.789. The van der Waals surface area contributed by atoms with Gasteiger partial charge in [-0.05, 0) is 17.7 Å². The van der Waals surface area contributed by atoms with Crippen LogP contribution in [0.1, 0.15) is 5.56 Å². The largest absolute Gasteiger partial charge is 0.503 e. The van der Waals surface area contributed by atoms with Gasteiger partial charge in [-0.25, -0.2) is 0 Å². The first-order chi connectivity index (χ1) is 10.6. The van der Waals surface area contributed by atoms with Crippen LogP contribution in [0.4, 0.5) is 0 Å². The van der Waals surface area contributed by atoms with E-state index in [2.05, 4.69) is 0 Å². The Bertz CT molecular complexity index is 939. The molecular formula is C16H14N2O4. The highest BCUT2D eigenvalue weighted by atomic mass is 16.5. The molecule has 2 heterocycles. The molecule has 0 radical (unpaired) electrons. The van der Waals surface area contributed by atoms with Gasteiger partial charge in [-0.1, -0.05) is 12.1 Å². The van der Waals surface area contributed by atoms with E-state index in [1.54, 1.807) is 19.5 Å². The molecule has 1 N–H and O–H groups in total. The first-order valence-corrected chi connectivity index (χ1v) is 6.66. The Morgan fingerprint density at radius 1 is 1.05 bits per heavy atom. The standard InChI is InChI=1S/C16H14N2O4/c1-22-12-4-2-11(3-5-12)10-18-9-8-17-7-6-13(19)15(20)14(17)16(18)21/h2-9,20H,10H2,1H3. The molecule has 2 aromatic heterocycles. The van der Waals surface area contributed by atoms with Gasteiger partial charge in [0.05, 0.1) is 13.7 Å². The Morgan fingerprint density at radius 2 is 1.77 bits per heavy atom. The zero-order valence-electron chi connectivity index (χ0n) is 11.9. The van der Waals surface area contributed by atoms with Crippen LogP contribution in [0.25, 0.3) is 5.52 Å². The summed E-state index contributed by atoms with van der Waals surface area (Å²) in [6.07, 6.45) is 4.69. The number of ether oxygens (including phenoxy) is 1. The molecule has 0 saturated heterocycles. The van der Waals surface area contributed by atoms with Gasteiger partial charge in [-0.15, -0.1) is 0 Å². The lowest BCUT2D eigenvalue weighted by Gasteiger charge is -2.09. The number of nitrogens with zero attached hydrogens (tertiary/aromatic N) is 2. The fourth-order valence-electron chi connectivity index (χ4n) is 2.28. The molecular weight excluding hydrogens is 284 g/mol. The molecule has 0 atom stereocenters. The molecule has 6 heteroatoms. The van der Waals surface area contributed by atoms with Crippen LogP contribution in [-0.4, -0.2) is 21.2 Å². The van der Waals surface area contributed by atoms with Crippen LogP contribution in [0, 0.1) is 0 Å². The number of hydrogen-bond donors (Lipinski definition) is 1. The highest BCUT2D eigenvalue weighted by Crippen LogP contribution is 2.13. The molecule has 22 heavy (non-hydrogen) atoms. The average molecular weight is 298 g/mol. The first kappa shape index (κ1) is 13.9. The monoisotopic (exact) mass is 298 g/mol. The predicted octanol–water partition coefficient (Wildman–Crippen LogP) is 1.22. The van der Waals surface area contributed by atoms with Crippen LogP contribution in [0.2, 0.25) is 0 Å². The number of aromatic hydroxyl groups is 1. The van der Waals surface area contributed by atoms with Crippen molar-refractivity contribution in [3.8, 4) is 11.5 Å². The summed E-state index contributed by atoms with van der Waals surface area (Å²) in [4.78, 5) is 23.9. The van der Waals surface area contributed by atoms with E-state index < -0.39 is 16.7 Å². The average Bonchev–Trinajstić information content (AvgIpc) is 2.54. The van der Waals surface area contributed by atoms with E-state index in [0.29, 0.717) is 6.54 Å². The third-order valence-corrected chi connectivity index (χ3v) is 3.49. The number of hydrogen-bond acceptors (Lipinski definition) is 4. The molecule has 0 bridgehead atoms. The van der Waals surface area contributed by atoms with E-state index in [0.717, 1.165) is 11.3 Å². The van der Waals surface area contributed by atoms with E-state index in [-0.39, 0.29) is 5.52 Å². The van der Waals surface area contributed by atoms with Crippen molar-refractivity contribution in [3.63, 3.8) is 0 Å². The minimum Gasteiger partial charge on any atom is -0.503 e. The molecule has 0 unspecified atom stereocenters. The normalized spacial score (nSPS) is 10.8. The van der Waals surface area contributed by atoms with Gasteiger partial charge in [-0.2, -0.15) is 0 Å². The Kier molecular flexibility index (Phi) is 3.42. The summed E-state index contributed by atoms with van der Waals surface area (Å²) in [6.45, 7) is 0.335. The van der Waals surface area contributed by atoms with E-state index in [1.807, 2.05) is 24.3 Å². The van der Waals surface area contributed by atoms with Gasteiger partial charge in [0.1, 0.15) is 5.75 Å². The van der Waals surface area contributed by atoms with Gasteiger partial charge in [0.15, 0.2) is 11.3 Å². The Labute approximate surface area is 125 Å². The molecule has 3 rings (SSSR count). The topological polar surface area (TPSA) is 72.9 Å². The Morgan fingerprint density at radius 3 is 2.45 bits per heavy atom. The summed E-state index contributed by atoms with van der Waals surface area (Å²) >= 11 is 0. The maximum absolute atomic E-state index is 12.4. The number of fused-ring (bicyclic) bond motifs is 1. The summed E-state index contributed by atoms with van der Waals surface area (Å²) in [5, 5.41) is 9.83. The third-order valence-electron chi connectivity index (χ3n) is 3.49. The minimum absolute atomic E-state index is 0.0245. The van der Waals surface area contributed by atoms with Crippen LogP contribution < -0.4 is 15.7 Å². The number of methoxy groups -OCH3 is 1. The van der Waals surface area contributed by atoms with E-state index in [1.165, 1.54) is 21.2 Å². The lowest BCUT2D eigenvalue weighted by molar-refractivity contribution is 0.414. The number of rotatable bonds is 3.